The van der Waals surface area contributed by atoms with Crippen LogP contribution in [0, 0.1) is 5.92 Å². The molecule has 90 valence electrons. The largest absolute Gasteiger partial charge is 0.373 e. The van der Waals surface area contributed by atoms with Crippen molar-refractivity contribution < 1.29 is 0 Å². The summed E-state index contributed by atoms with van der Waals surface area (Å²) in [6, 6.07) is 3.79. The fourth-order valence-corrected chi connectivity index (χ4v) is 2.66. The molecular weight excluding hydrogens is 240 g/mol. The number of hydrogen-bond donors (Lipinski definition) is 1. The van der Waals surface area contributed by atoms with Crippen LogP contribution in [-0.4, -0.2) is 17.8 Å². The molecule has 1 N–H and O–H groups in total. The van der Waals surface area contributed by atoms with E-state index >= 15 is 0 Å². The molecule has 0 atom stereocenters. The monoisotopic (exact) mass is 258 g/mol. The molecule has 2 nitrogen and oxygen atoms in total. The van der Waals surface area contributed by atoms with Crippen LogP contribution in [0.4, 0.5) is 5.82 Å². The molecule has 0 saturated carbocycles. The molecule has 0 unspecified atom stereocenters. The molecule has 0 aliphatic rings. The zero-order valence-electron chi connectivity index (χ0n) is 10.1. The zero-order chi connectivity index (χ0) is 12.0. The van der Waals surface area contributed by atoms with Crippen LogP contribution in [0.2, 0.25) is 5.02 Å². The Bertz CT molecular complexity index is 329. The number of halogens is 1. The van der Waals surface area contributed by atoms with Crippen LogP contribution in [0.15, 0.2) is 12.1 Å². The van der Waals surface area contributed by atoms with E-state index in [4.69, 9.17) is 11.6 Å². The van der Waals surface area contributed by atoms with Crippen LogP contribution in [0.5, 0.6) is 0 Å². The lowest BCUT2D eigenvalue weighted by Crippen LogP contribution is -1.97. The van der Waals surface area contributed by atoms with Crippen molar-refractivity contribution in [2.24, 2.45) is 5.92 Å². The molecule has 1 rings (SSSR count). The lowest BCUT2D eigenvalue weighted by molar-refractivity contribution is 0.632. The van der Waals surface area contributed by atoms with Gasteiger partial charge < -0.3 is 5.32 Å². The maximum absolute atomic E-state index is 6.09. The zero-order valence-corrected chi connectivity index (χ0v) is 11.7. The molecule has 0 radical (unpaired) electrons. The number of rotatable bonds is 6. The van der Waals surface area contributed by atoms with Gasteiger partial charge in [0.2, 0.25) is 0 Å². The number of thioether (sulfide) groups is 1. The summed E-state index contributed by atoms with van der Waals surface area (Å²) in [4.78, 5) is 4.44. The highest BCUT2D eigenvalue weighted by Crippen LogP contribution is 2.22. The summed E-state index contributed by atoms with van der Waals surface area (Å²) in [6.45, 7) is 4.49. The van der Waals surface area contributed by atoms with E-state index < -0.39 is 0 Å². The van der Waals surface area contributed by atoms with Crippen LogP contribution in [-0.2, 0) is 5.75 Å². The summed E-state index contributed by atoms with van der Waals surface area (Å²) in [5, 5.41) is 3.78. The smallest absolute Gasteiger partial charge is 0.126 e. The Hall–Kier alpha value is -0.410. The fourth-order valence-electron chi connectivity index (χ4n) is 1.21. The summed E-state index contributed by atoms with van der Waals surface area (Å²) in [5.74, 6) is 3.70. The van der Waals surface area contributed by atoms with Crippen molar-refractivity contribution in [3.8, 4) is 0 Å². The third-order valence-corrected chi connectivity index (χ3v) is 3.60. The number of pyridine rings is 1. The van der Waals surface area contributed by atoms with E-state index in [2.05, 4.69) is 24.1 Å². The molecule has 1 aromatic heterocycles. The van der Waals surface area contributed by atoms with Gasteiger partial charge in [0, 0.05) is 12.8 Å². The van der Waals surface area contributed by atoms with Gasteiger partial charge in [-0.25, -0.2) is 4.98 Å². The molecule has 1 aromatic rings. The predicted octanol–water partition coefficient (Wildman–Crippen LogP) is 4.06. The molecule has 4 heteroatoms. The van der Waals surface area contributed by atoms with Gasteiger partial charge in [-0.3, -0.25) is 0 Å². The standard InChI is InChI=1S/C12H19ClN2S/c1-9(2)6-7-16-8-11-10(13)4-5-12(14-3)15-11/h4-5,9H,6-8H2,1-3H3,(H,14,15). The molecule has 1 heterocycles. The van der Waals surface area contributed by atoms with Crippen molar-refractivity contribution in [3.05, 3.63) is 22.8 Å². The number of aromatic nitrogens is 1. The molecular formula is C12H19ClN2S. The van der Waals surface area contributed by atoms with Gasteiger partial charge in [0.05, 0.1) is 10.7 Å². The second-order valence-electron chi connectivity index (χ2n) is 4.11. The Morgan fingerprint density at radius 2 is 2.19 bits per heavy atom. The van der Waals surface area contributed by atoms with Crippen LogP contribution < -0.4 is 5.32 Å². The van der Waals surface area contributed by atoms with Gasteiger partial charge in [-0.1, -0.05) is 25.4 Å². The van der Waals surface area contributed by atoms with Gasteiger partial charge in [-0.05, 0) is 30.2 Å². The normalized spacial score (nSPS) is 10.8. The molecule has 0 aromatic carbocycles. The van der Waals surface area contributed by atoms with Crippen molar-refractivity contribution in [3.63, 3.8) is 0 Å². The Kier molecular flexibility index (Phi) is 5.99. The Morgan fingerprint density at radius 3 is 2.81 bits per heavy atom. The van der Waals surface area contributed by atoms with Gasteiger partial charge in [-0.15, -0.1) is 0 Å². The van der Waals surface area contributed by atoms with E-state index in [0.29, 0.717) is 0 Å². The van der Waals surface area contributed by atoms with Gasteiger partial charge in [0.25, 0.3) is 0 Å². The number of anilines is 1. The Morgan fingerprint density at radius 1 is 1.44 bits per heavy atom. The van der Waals surface area contributed by atoms with Gasteiger partial charge in [-0.2, -0.15) is 11.8 Å². The first-order chi connectivity index (χ1) is 7.63. The quantitative estimate of drug-likeness (QED) is 0.779. The molecule has 0 bridgehead atoms. The number of nitrogens with zero attached hydrogens (tertiary/aromatic N) is 1. The topological polar surface area (TPSA) is 24.9 Å². The molecule has 0 spiro atoms. The van der Waals surface area contributed by atoms with Crippen molar-refractivity contribution in [1.29, 1.82) is 0 Å². The second-order valence-corrected chi connectivity index (χ2v) is 5.62. The number of hydrogen-bond acceptors (Lipinski definition) is 3. The lowest BCUT2D eigenvalue weighted by Gasteiger charge is -2.07. The van der Waals surface area contributed by atoms with E-state index in [9.17, 15) is 0 Å². The average molecular weight is 259 g/mol. The minimum absolute atomic E-state index is 0.760. The predicted molar refractivity (Wildman–Crippen MR) is 74.4 cm³/mol. The van der Waals surface area contributed by atoms with E-state index in [1.807, 2.05) is 30.9 Å². The van der Waals surface area contributed by atoms with Gasteiger partial charge >= 0.3 is 0 Å². The minimum atomic E-state index is 0.760. The molecule has 0 aliphatic carbocycles. The fraction of sp³-hybridized carbons (Fsp3) is 0.583. The SMILES string of the molecule is CNc1ccc(Cl)c(CSCCC(C)C)n1. The first-order valence-electron chi connectivity index (χ1n) is 5.54. The highest BCUT2D eigenvalue weighted by Gasteiger charge is 2.04. The van der Waals surface area contributed by atoms with E-state index in [1.165, 1.54) is 12.2 Å². The first-order valence-corrected chi connectivity index (χ1v) is 7.07. The Labute approximate surface area is 107 Å². The third-order valence-electron chi connectivity index (χ3n) is 2.25. The maximum atomic E-state index is 6.09. The van der Waals surface area contributed by atoms with Crippen LogP contribution in [0.3, 0.4) is 0 Å². The molecule has 0 fully saturated rings. The van der Waals surface area contributed by atoms with Gasteiger partial charge in [0.1, 0.15) is 5.82 Å². The van der Waals surface area contributed by atoms with Crippen molar-refractivity contribution in [2.75, 3.05) is 18.1 Å². The van der Waals surface area contributed by atoms with Crippen LogP contribution >= 0.6 is 23.4 Å². The molecule has 0 saturated heterocycles. The van der Waals surface area contributed by atoms with Crippen LogP contribution in [0.1, 0.15) is 26.0 Å². The first kappa shape index (κ1) is 13.7. The summed E-state index contributed by atoms with van der Waals surface area (Å²) in [6.07, 6.45) is 1.24. The second kappa shape index (κ2) is 7.02. The molecule has 16 heavy (non-hydrogen) atoms. The van der Waals surface area contributed by atoms with Crippen LogP contribution in [0.25, 0.3) is 0 Å². The highest BCUT2D eigenvalue weighted by atomic mass is 35.5. The summed E-state index contributed by atoms with van der Waals surface area (Å²) in [5.41, 5.74) is 0.974. The minimum Gasteiger partial charge on any atom is -0.373 e. The number of nitrogens with one attached hydrogen (secondary N) is 1. The van der Waals surface area contributed by atoms with E-state index in [1.54, 1.807) is 0 Å². The third kappa shape index (κ3) is 4.62. The maximum Gasteiger partial charge on any atom is 0.126 e. The highest BCUT2D eigenvalue weighted by molar-refractivity contribution is 7.98. The molecule has 0 amide bonds. The lowest BCUT2D eigenvalue weighted by atomic mass is 10.2. The summed E-state index contributed by atoms with van der Waals surface area (Å²) in [7, 11) is 1.87. The van der Waals surface area contributed by atoms with Crippen molar-refractivity contribution in [1.82, 2.24) is 4.98 Å². The summed E-state index contributed by atoms with van der Waals surface area (Å²) < 4.78 is 0. The van der Waals surface area contributed by atoms with Crippen molar-refractivity contribution >= 4 is 29.2 Å². The van der Waals surface area contributed by atoms with E-state index in [0.717, 1.165) is 28.2 Å². The van der Waals surface area contributed by atoms with E-state index in [-0.39, 0.29) is 0 Å². The molecule has 0 aliphatic heterocycles. The summed E-state index contributed by atoms with van der Waals surface area (Å²) >= 11 is 7.98. The Balaban J connectivity index is 2.46. The average Bonchev–Trinajstić information content (AvgIpc) is 2.26. The van der Waals surface area contributed by atoms with Gasteiger partial charge in [0.15, 0.2) is 0 Å². The van der Waals surface area contributed by atoms with Crippen molar-refractivity contribution in [2.45, 2.75) is 26.0 Å².